The molecule has 32 heavy (non-hydrogen) atoms. The SMILES string of the molecule is CN=C([O-])c1cc(C(=O)NCCC[C@@H]2CCNCC2(F)F)cc([C@@H](C)c2ccccc2)n1. The number of alkyl halides is 2. The third-order valence-corrected chi connectivity index (χ3v) is 5.92. The maximum Gasteiger partial charge on any atom is 0.263 e. The van der Waals surface area contributed by atoms with Crippen LogP contribution in [0.1, 0.15) is 59.4 Å². The second kappa shape index (κ2) is 10.6. The third-order valence-electron chi connectivity index (χ3n) is 5.92. The van der Waals surface area contributed by atoms with Crippen molar-refractivity contribution in [3.8, 4) is 0 Å². The summed E-state index contributed by atoms with van der Waals surface area (Å²) in [6, 6.07) is 12.8. The van der Waals surface area contributed by atoms with Crippen molar-refractivity contribution >= 4 is 11.8 Å². The number of aromatic nitrogens is 1. The molecule has 2 aromatic rings. The van der Waals surface area contributed by atoms with Gasteiger partial charge in [-0.05, 0) is 43.5 Å². The Morgan fingerprint density at radius 2 is 2.09 bits per heavy atom. The van der Waals surface area contributed by atoms with Gasteiger partial charge in [-0.15, -0.1) is 0 Å². The van der Waals surface area contributed by atoms with E-state index in [1.54, 1.807) is 6.07 Å². The van der Waals surface area contributed by atoms with E-state index in [4.69, 9.17) is 0 Å². The molecule has 0 bridgehead atoms. The standard InChI is InChI=1S/C24H30F2N4O2/c1-16(17-7-4-3-5-8-17)20-13-18(14-21(30-20)23(32)27-2)22(31)29-11-6-9-19-10-12-28-15-24(19,25)26/h3-5,7-8,13-14,16,19,28H,6,9-12,15H2,1-2H3,(H,27,32)(H,29,31)/p-1/t16-,19+/m0/s1. The number of piperidine rings is 1. The molecule has 0 spiro atoms. The molecule has 3 rings (SSSR count). The quantitative estimate of drug-likeness (QED) is 0.373. The minimum atomic E-state index is -2.71. The second-order valence-electron chi connectivity index (χ2n) is 8.15. The molecule has 1 saturated heterocycles. The minimum absolute atomic E-state index is 0.104. The number of hydrogen-bond acceptors (Lipinski definition) is 5. The lowest BCUT2D eigenvalue weighted by molar-refractivity contribution is -0.213. The van der Waals surface area contributed by atoms with Gasteiger partial charge in [0.1, 0.15) is 0 Å². The summed E-state index contributed by atoms with van der Waals surface area (Å²) in [7, 11) is 1.38. The van der Waals surface area contributed by atoms with E-state index in [2.05, 4.69) is 20.6 Å². The molecule has 1 fully saturated rings. The van der Waals surface area contributed by atoms with Crippen LogP contribution in [0.3, 0.4) is 0 Å². The number of carbonyl (C=O) groups excluding carboxylic acids is 1. The molecule has 0 unspecified atom stereocenters. The van der Waals surface area contributed by atoms with Crippen molar-refractivity contribution < 1.29 is 18.7 Å². The predicted molar refractivity (Wildman–Crippen MR) is 118 cm³/mol. The summed E-state index contributed by atoms with van der Waals surface area (Å²) in [5, 5.41) is 17.7. The normalized spacial score (nSPS) is 19.4. The molecule has 1 aliphatic rings. The van der Waals surface area contributed by atoms with Gasteiger partial charge in [0.05, 0.1) is 12.2 Å². The lowest BCUT2D eigenvalue weighted by Gasteiger charge is -2.31. The highest BCUT2D eigenvalue weighted by Crippen LogP contribution is 2.32. The molecule has 2 N–H and O–H groups in total. The Morgan fingerprint density at radius 3 is 2.78 bits per heavy atom. The topological polar surface area (TPSA) is 89.4 Å². The Kier molecular flexibility index (Phi) is 7.90. The first-order chi connectivity index (χ1) is 15.3. The largest absolute Gasteiger partial charge is 0.857 e. The summed E-state index contributed by atoms with van der Waals surface area (Å²) in [5.74, 6) is -4.38. The van der Waals surface area contributed by atoms with Crippen LogP contribution < -0.4 is 15.7 Å². The fraction of sp³-hybridized carbons (Fsp3) is 0.458. The van der Waals surface area contributed by atoms with Crippen LogP contribution in [-0.2, 0) is 0 Å². The number of carbonyl (C=O) groups is 1. The zero-order valence-corrected chi connectivity index (χ0v) is 18.4. The summed E-state index contributed by atoms with van der Waals surface area (Å²) in [6.07, 6.45) is 1.23. The highest BCUT2D eigenvalue weighted by Gasteiger charge is 2.40. The maximum atomic E-state index is 13.9. The molecule has 172 valence electrons. The van der Waals surface area contributed by atoms with Crippen molar-refractivity contribution in [3.05, 3.63) is 65.0 Å². The number of aliphatic imine (C=N–C) groups is 1. The molecule has 1 aliphatic heterocycles. The zero-order valence-electron chi connectivity index (χ0n) is 18.4. The average molecular weight is 444 g/mol. The maximum absolute atomic E-state index is 13.9. The van der Waals surface area contributed by atoms with Crippen molar-refractivity contribution in [3.63, 3.8) is 0 Å². The van der Waals surface area contributed by atoms with Crippen molar-refractivity contribution in [2.24, 2.45) is 10.9 Å². The summed E-state index contributed by atoms with van der Waals surface area (Å²) < 4.78 is 27.9. The average Bonchev–Trinajstić information content (AvgIpc) is 2.81. The molecule has 0 aliphatic carbocycles. The number of pyridine rings is 1. The van der Waals surface area contributed by atoms with Crippen LogP contribution in [0.4, 0.5) is 8.78 Å². The number of nitrogens with zero attached hydrogens (tertiary/aromatic N) is 2. The minimum Gasteiger partial charge on any atom is -0.857 e. The summed E-state index contributed by atoms with van der Waals surface area (Å²) in [5.41, 5.74) is 2.00. The fourth-order valence-corrected chi connectivity index (χ4v) is 3.94. The van der Waals surface area contributed by atoms with E-state index in [1.807, 2.05) is 37.3 Å². The molecule has 1 amide bonds. The Morgan fingerprint density at radius 1 is 1.34 bits per heavy atom. The van der Waals surface area contributed by atoms with Crippen LogP contribution in [0.25, 0.3) is 0 Å². The van der Waals surface area contributed by atoms with Crippen LogP contribution in [-0.4, -0.2) is 49.4 Å². The van der Waals surface area contributed by atoms with E-state index >= 15 is 0 Å². The van der Waals surface area contributed by atoms with Gasteiger partial charge in [-0.2, -0.15) is 0 Å². The smallest absolute Gasteiger partial charge is 0.263 e. The molecule has 1 aromatic carbocycles. The van der Waals surface area contributed by atoms with Crippen molar-refractivity contribution in [2.45, 2.75) is 38.0 Å². The van der Waals surface area contributed by atoms with Crippen molar-refractivity contribution in [2.75, 3.05) is 26.7 Å². The van der Waals surface area contributed by atoms with E-state index in [1.165, 1.54) is 13.1 Å². The van der Waals surface area contributed by atoms with Gasteiger partial charge in [-0.25, -0.2) is 8.78 Å². The van der Waals surface area contributed by atoms with E-state index < -0.39 is 17.7 Å². The van der Waals surface area contributed by atoms with Crippen LogP contribution in [0.15, 0.2) is 47.5 Å². The fourth-order valence-electron chi connectivity index (χ4n) is 3.94. The van der Waals surface area contributed by atoms with Gasteiger partial charge < -0.3 is 20.7 Å². The van der Waals surface area contributed by atoms with Crippen molar-refractivity contribution in [1.82, 2.24) is 15.6 Å². The van der Waals surface area contributed by atoms with Crippen LogP contribution in [0.2, 0.25) is 0 Å². The van der Waals surface area contributed by atoms with E-state index in [0.29, 0.717) is 37.1 Å². The van der Waals surface area contributed by atoms with E-state index in [9.17, 15) is 18.7 Å². The van der Waals surface area contributed by atoms with Gasteiger partial charge in [-0.1, -0.05) is 37.3 Å². The van der Waals surface area contributed by atoms with Crippen molar-refractivity contribution in [1.29, 1.82) is 0 Å². The van der Waals surface area contributed by atoms with Gasteiger partial charge in [0.15, 0.2) is 0 Å². The molecular formula is C24H29F2N4O2-. The highest BCUT2D eigenvalue weighted by atomic mass is 19.3. The number of halogens is 2. The molecule has 2 heterocycles. The highest BCUT2D eigenvalue weighted by molar-refractivity contribution is 5.97. The monoisotopic (exact) mass is 443 g/mol. The second-order valence-corrected chi connectivity index (χ2v) is 8.15. The van der Waals surface area contributed by atoms with Crippen LogP contribution in [0.5, 0.6) is 0 Å². The lowest BCUT2D eigenvalue weighted by atomic mass is 9.89. The number of rotatable bonds is 8. The van der Waals surface area contributed by atoms with E-state index in [-0.39, 0.29) is 30.6 Å². The predicted octanol–water partition coefficient (Wildman–Crippen LogP) is 2.72. The van der Waals surface area contributed by atoms with Crippen LogP contribution in [0, 0.1) is 5.92 Å². The molecular weight excluding hydrogens is 414 g/mol. The van der Waals surface area contributed by atoms with Crippen LogP contribution >= 0.6 is 0 Å². The number of hydrogen-bond donors (Lipinski definition) is 2. The summed E-state index contributed by atoms with van der Waals surface area (Å²) in [4.78, 5) is 20.8. The van der Waals surface area contributed by atoms with Gasteiger partial charge in [0.25, 0.3) is 11.8 Å². The Hall–Kier alpha value is -2.87. The summed E-state index contributed by atoms with van der Waals surface area (Å²) in [6.45, 7) is 2.54. The Bertz CT molecular complexity index is 950. The lowest BCUT2D eigenvalue weighted by Crippen LogP contribution is -2.46. The first kappa shape index (κ1) is 23.8. The van der Waals surface area contributed by atoms with Gasteiger partial charge in [0, 0.05) is 42.6 Å². The van der Waals surface area contributed by atoms with Gasteiger partial charge in [0.2, 0.25) is 0 Å². The number of benzene rings is 1. The van der Waals surface area contributed by atoms with Gasteiger partial charge in [-0.3, -0.25) is 9.78 Å². The zero-order chi connectivity index (χ0) is 23.1. The molecule has 0 radical (unpaired) electrons. The van der Waals surface area contributed by atoms with Gasteiger partial charge >= 0.3 is 0 Å². The number of nitrogens with one attached hydrogen (secondary N) is 2. The Labute approximate surface area is 187 Å². The molecule has 6 nitrogen and oxygen atoms in total. The third kappa shape index (κ3) is 5.88. The van der Waals surface area contributed by atoms with E-state index in [0.717, 1.165) is 5.56 Å². The molecule has 0 saturated carbocycles. The molecule has 8 heteroatoms. The molecule has 1 aromatic heterocycles. The first-order valence-electron chi connectivity index (χ1n) is 10.9. The first-order valence-corrected chi connectivity index (χ1v) is 10.9. The number of amides is 1. The Balaban J connectivity index is 1.69. The summed E-state index contributed by atoms with van der Waals surface area (Å²) >= 11 is 0. The molecule has 2 atom stereocenters.